The minimum Gasteiger partial charge on any atom is -0.491 e. The highest BCUT2D eigenvalue weighted by atomic mass is 32.2. The lowest BCUT2D eigenvalue weighted by Crippen LogP contribution is -2.28. The van der Waals surface area contributed by atoms with E-state index in [2.05, 4.69) is 0 Å². The lowest BCUT2D eigenvalue weighted by Gasteiger charge is -2.13. The van der Waals surface area contributed by atoms with E-state index in [-0.39, 0.29) is 18.1 Å². The smallest absolute Gasteiger partial charge is 0.156 e. The Kier molecular flexibility index (Phi) is 6.58. The molecule has 0 radical (unpaired) electrons. The maximum Gasteiger partial charge on any atom is 0.156 e. The predicted octanol–water partition coefficient (Wildman–Crippen LogP) is 2.86. The van der Waals surface area contributed by atoms with Crippen molar-refractivity contribution in [3.05, 3.63) is 71.8 Å². The molecule has 0 amide bonds. The fraction of sp³-hybridized carbons (Fsp3) is 0.263. The summed E-state index contributed by atoms with van der Waals surface area (Å²) in [5.74, 6) is 0.222. The Morgan fingerprint density at radius 1 is 1.08 bits per heavy atom. The summed E-state index contributed by atoms with van der Waals surface area (Å²) in [4.78, 5) is 0. The molecule has 0 saturated heterocycles. The quantitative estimate of drug-likeness (QED) is 0.798. The summed E-state index contributed by atoms with van der Waals surface area (Å²) in [6.07, 6.45) is 2.30. The molecule has 0 saturated carbocycles. The Morgan fingerprint density at radius 3 is 2.46 bits per heavy atom. The summed E-state index contributed by atoms with van der Waals surface area (Å²) in [5, 5.41) is 9.93. The van der Waals surface area contributed by atoms with E-state index < -0.39 is 15.9 Å². The molecule has 128 valence electrons. The first-order valence-corrected chi connectivity index (χ1v) is 9.57. The fourth-order valence-corrected chi connectivity index (χ4v) is 3.42. The third-order valence-electron chi connectivity index (χ3n) is 3.43. The summed E-state index contributed by atoms with van der Waals surface area (Å²) < 4.78 is 29.6. The van der Waals surface area contributed by atoms with Crippen LogP contribution in [0.3, 0.4) is 0 Å². The highest BCUT2D eigenvalue weighted by Gasteiger charge is 2.17. The molecule has 1 N–H and O–H groups in total. The van der Waals surface area contributed by atoms with Crippen LogP contribution in [0.1, 0.15) is 11.1 Å². The van der Waals surface area contributed by atoms with Crippen molar-refractivity contribution in [3.63, 3.8) is 0 Å². The lowest BCUT2D eigenvalue weighted by atomic mass is 10.2. The molecule has 0 aliphatic rings. The van der Waals surface area contributed by atoms with Crippen LogP contribution < -0.4 is 4.74 Å². The third-order valence-corrected chi connectivity index (χ3v) is 5.02. The standard InChI is InChI=1S/C19H22O4S/c1-16-8-5-6-12-19(16)23-14-18(20)15-24(21,22)13-7-11-17-9-3-2-4-10-17/h2-12,18,20H,13-15H2,1H3. The van der Waals surface area contributed by atoms with E-state index in [0.29, 0.717) is 5.75 Å². The molecule has 2 rings (SSSR count). The summed E-state index contributed by atoms with van der Waals surface area (Å²) in [6, 6.07) is 16.9. The molecule has 1 unspecified atom stereocenters. The van der Waals surface area contributed by atoms with Crippen LogP contribution in [0.15, 0.2) is 60.7 Å². The van der Waals surface area contributed by atoms with Crippen LogP contribution in [0.2, 0.25) is 0 Å². The zero-order valence-electron chi connectivity index (χ0n) is 13.6. The predicted molar refractivity (Wildman–Crippen MR) is 96.8 cm³/mol. The molecule has 5 heteroatoms. The molecule has 0 spiro atoms. The van der Waals surface area contributed by atoms with Gasteiger partial charge in [-0.25, -0.2) is 8.42 Å². The van der Waals surface area contributed by atoms with Gasteiger partial charge in [-0.15, -0.1) is 0 Å². The maximum absolute atomic E-state index is 12.0. The first-order valence-electron chi connectivity index (χ1n) is 7.75. The van der Waals surface area contributed by atoms with Gasteiger partial charge in [0.15, 0.2) is 9.84 Å². The topological polar surface area (TPSA) is 63.6 Å². The minimum absolute atomic E-state index is 0.0491. The average Bonchev–Trinajstić information content (AvgIpc) is 2.54. The Labute approximate surface area is 143 Å². The van der Waals surface area contributed by atoms with Crippen LogP contribution in [-0.4, -0.2) is 37.7 Å². The van der Waals surface area contributed by atoms with Crippen molar-refractivity contribution in [2.45, 2.75) is 13.0 Å². The van der Waals surface area contributed by atoms with Crippen LogP contribution in [0, 0.1) is 6.92 Å². The monoisotopic (exact) mass is 346 g/mol. The highest BCUT2D eigenvalue weighted by Crippen LogP contribution is 2.16. The molecule has 0 aliphatic carbocycles. The number of aryl methyl sites for hydroxylation is 1. The van der Waals surface area contributed by atoms with E-state index >= 15 is 0 Å². The zero-order valence-corrected chi connectivity index (χ0v) is 14.4. The van der Waals surface area contributed by atoms with Gasteiger partial charge in [0.1, 0.15) is 18.5 Å². The van der Waals surface area contributed by atoms with Crippen molar-refractivity contribution in [2.24, 2.45) is 0 Å². The number of aliphatic hydroxyl groups excluding tert-OH is 1. The van der Waals surface area contributed by atoms with Gasteiger partial charge in [-0.1, -0.05) is 60.7 Å². The van der Waals surface area contributed by atoms with Gasteiger partial charge in [-0.05, 0) is 24.1 Å². The number of benzene rings is 2. The van der Waals surface area contributed by atoms with Gasteiger partial charge < -0.3 is 9.84 Å². The maximum atomic E-state index is 12.0. The van der Waals surface area contributed by atoms with Gasteiger partial charge in [0, 0.05) is 0 Å². The summed E-state index contributed by atoms with van der Waals surface area (Å²) in [7, 11) is -3.38. The Morgan fingerprint density at radius 2 is 1.75 bits per heavy atom. The van der Waals surface area contributed by atoms with Crippen molar-refractivity contribution in [2.75, 3.05) is 18.1 Å². The number of hydrogen-bond acceptors (Lipinski definition) is 4. The van der Waals surface area contributed by atoms with Gasteiger partial charge in [0.25, 0.3) is 0 Å². The SMILES string of the molecule is Cc1ccccc1OCC(O)CS(=O)(=O)CC=Cc1ccccc1. The Balaban J connectivity index is 1.82. The van der Waals surface area contributed by atoms with Gasteiger partial charge in [-0.2, -0.15) is 0 Å². The fourth-order valence-electron chi connectivity index (χ4n) is 2.21. The number of para-hydroxylation sites is 1. The number of ether oxygens (including phenoxy) is 1. The molecule has 24 heavy (non-hydrogen) atoms. The van der Waals surface area contributed by atoms with Crippen molar-refractivity contribution in [3.8, 4) is 5.75 Å². The van der Waals surface area contributed by atoms with Crippen LogP contribution >= 0.6 is 0 Å². The van der Waals surface area contributed by atoms with E-state index in [1.807, 2.05) is 55.5 Å². The van der Waals surface area contributed by atoms with Crippen molar-refractivity contribution in [1.29, 1.82) is 0 Å². The van der Waals surface area contributed by atoms with Gasteiger partial charge in [0.2, 0.25) is 0 Å². The molecule has 2 aromatic carbocycles. The number of aliphatic hydroxyl groups is 1. The van der Waals surface area contributed by atoms with E-state index in [4.69, 9.17) is 4.74 Å². The van der Waals surface area contributed by atoms with Crippen molar-refractivity contribution < 1.29 is 18.3 Å². The first kappa shape index (κ1) is 18.2. The van der Waals surface area contributed by atoms with Crippen LogP contribution in [0.25, 0.3) is 6.08 Å². The average molecular weight is 346 g/mol. The van der Waals surface area contributed by atoms with Crippen molar-refractivity contribution in [1.82, 2.24) is 0 Å². The molecule has 0 heterocycles. The number of rotatable bonds is 8. The summed E-state index contributed by atoms with van der Waals surface area (Å²) in [5.41, 5.74) is 1.88. The van der Waals surface area contributed by atoms with Gasteiger partial charge in [0.05, 0.1) is 11.5 Å². The van der Waals surface area contributed by atoms with Crippen molar-refractivity contribution >= 4 is 15.9 Å². The second kappa shape index (κ2) is 8.66. The summed E-state index contributed by atoms with van der Waals surface area (Å²) in [6.45, 7) is 1.85. The Bertz CT molecular complexity index is 767. The molecule has 0 aromatic heterocycles. The highest BCUT2D eigenvalue weighted by molar-refractivity contribution is 7.91. The molecule has 4 nitrogen and oxygen atoms in total. The molecule has 0 fully saturated rings. The largest absolute Gasteiger partial charge is 0.491 e. The second-order valence-electron chi connectivity index (χ2n) is 5.62. The number of sulfone groups is 1. The molecule has 1 atom stereocenters. The van der Waals surface area contributed by atoms with E-state index in [1.165, 1.54) is 0 Å². The van der Waals surface area contributed by atoms with Gasteiger partial charge >= 0.3 is 0 Å². The molecular formula is C19H22O4S. The normalized spacial score (nSPS) is 13.1. The van der Waals surface area contributed by atoms with Gasteiger partial charge in [-0.3, -0.25) is 0 Å². The summed E-state index contributed by atoms with van der Waals surface area (Å²) >= 11 is 0. The van der Waals surface area contributed by atoms with E-state index in [1.54, 1.807) is 18.2 Å². The van der Waals surface area contributed by atoms with E-state index in [9.17, 15) is 13.5 Å². The van der Waals surface area contributed by atoms with E-state index in [0.717, 1.165) is 11.1 Å². The first-order chi connectivity index (χ1) is 11.5. The van der Waals surface area contributed by atoms with Crippen LogP contribution in [0.4, 0.5) is 0 Å². The molecule has 0 bridgehead atoms. The lowest BCUT2D eigenvalue weighted by molar-refractivity contribution is 0.124. The molecule has 2 aromatic rings. The third kappa shape index (κ3) is 6.18. The molecule has 0 aliphatic heterocycles. The minimum atomic E-state index is -3.38. The Hall–Kier alpha value is -2.11. The molecular weight excluding hydrogens is 324 g/mol. The van der Waals surface area contributed by atoms with Crippen LogP contribution in [-0.2, 0) is 9.84 Å². The van der Waals surface area contributed by atoms with Crippen LogP contribution in [0.5, 0.6) is 5.75 Å². The number of hydrogen-bond donors (Lipinski definition) is 1. The zero-order chi connectivity index (χ0) is 17.4. The second-order valence-corrected chi connectivity index (χ2v) is 7.77.